The Balaban J connectivity index is 1.27. The Kier molecular flexibility index (Phi) is 9.86. The van der Waals surface area contributed by atoms with Crippen molar-refractivity contribution in [3.63, 3.8) is 0 Å². The van der Waals surface area contributed by atoms with Gasteiger partial charge in [-0.25, -0.2) is 9.98 Å². The fourth-order valence-corrected chi connectivity index (χ4v) is 7.58. The molecule has 3 heteroatoms. The van der Waals surface area contributed by atoms with Gasteiger partial charge in [-0.3, -0.25) is 4.98 Å². The Morgan fingerprint density at radius 2 is 1.41 bits per heavy atom. The highest BCUT2D eigenvalue weighted by atomic mass is 14.9. The first kappa shape index (κ1) is 34.4. The third-order valence-corrected chi connectivity index (χ3v) is 10.3. The zero-order valence-corrected chi connectivity index (χ0v) is 30.6. The molecule has 0 amide bonds. The molecule has 0 bridgehead atoms. The number of allylic oxidation sites excluding steroid dienone is 8. The van der Waals surface area contributed by atoms with Crippen LogP contribution < -0.4 is 10.4 Å². The Labute approximate surface area is 317 Å². The molecule has 0 saturated heterocycles. The van der Waals surface area contributed by atoms with Gasteiger partial charge in [-0.15, -0.1) is 0 Å². The minimum absolute atomic E-state index is 0.150. The summed E-state index contributed by atoms with van der Waals surface area (Å²) in [4.78, 5) is 14.3. The topological polar surface area (TPSA) is 37.6 Å². The van der Waals surface area contributed by atoms with Crippen LogP contribution in [-0.2, 0) is 0 Å². The van der Waals surface area contributed by atoms with Crippen molar-refractivity contribution in [1.82, 2.24) is 4.98 Å². The summed E-state index contributed by atoms with van der Waals surface area (Å²) >= 11 is 0. The number of nitrogens with zero attached hydrogens (tertiary/aromatic N) is 3. The van der Waals surface area contributed by atoms with Gasteiger partial charge in [0, 0.05) is 36.0 Å². The molecule has 6 aromatic rings. The summed E-state index contributed by atoms with van der Waals surface area (Å²) < 4.78 is 0. The lowest BCUT2D eigenvalue weighted by Gasteiger charge is -2.33. The third-order valence-electron chi connectivity index (χ3n) is 10.3. The van der Waals surface area contributed by atoms with E-state index in [1.54, 1.807) is 6.20 Å². The largest absolute Gasteiger partial charge is 0.264 e. The van der Waals surface area contributed by atoms with Crippen molar-refractivity contribution in [2.45, 2.75) is 13.8 Å². The maximum Gasteiger partial charge on any atom is 0.159 e. The second kappa shape index (κ2) is 15.5. The number of hydrogen-bond donors (Lipinski definition) is 0. The van der Waals surface area contributed by atoms with Gasteiger partial charge >= 0.3 is 0 Å². The predicted molar refractivity (Wildman–Crippen MR) is 228 cm³/mol. The van der Waals surface area contributed by atoms with Crippen LogP contribution in [0.5, 0.6) is 0 Å². The molecule has 2 aliphatic carbocycles. The van der Waals surface area contributed by atoms with Crippen LogP contribution in [0.2, 0.25) is 0 Å². The number of aromatic nitrogens is 1. The van der Waals surface area contributed by atoms with E-state index < -0.39 is 0 Å². The lowest BCUT2D eigenvalue weighted by molar-refractivity contribution is 0.687. The highest BCUT2D eigenvalue weighted by Gasteiger charge is 2.32. The van der Waals surface area contributed by atoms with Gasteiger partial charge in [0.05, 0.1) is 5.70 Å². The molecule has 0 aliphatic heterocycles. The van der Waals surface area contributed by atoms with Crippen LogP contribution in [-0.4, -0.2) is 17.0 Å². The van der Waals surface area contributed by atoms with Gasteiger partial charge < -0.3 is 0 Å². The van der Waals surface area contributed by atoms with Crippen LogP contribution in [0, 0.1) is 11.8 Å². The van der Waals surface area contributed by atoms with E-state index in [-0.39, 0.29) is 11.8 Å². The van der Waals surface area contributed by atoms with E-state index in [1.807, 2.05) is 50.6 Å². The summed E-state index contributed by atoms with van der Waals surface area (Å²) in [6.07, 6.45) is 20.7. The van der Waals surface area contributed by atoms with Gasteiger partial charge in [0.25, 0.3) is 0 Å². The van der Waals surface area contributed by atoms with E-state index in [1.165, 1.54) is 37.9 Å². The van der Waals surface area contributed by atoms with Gasteiger partial charge in [0.2, 0.25) is 0 Å². The second-order valence-corrected chi connectivity index (χ2v) is 13.7. The van der Waals surface area contributed by atoms with Gasteiger partial charge in [0.1, 0.15) is 0 Å². The molecule has 54 heavy (non-hydrogen) atoms. The minimum atomic E-state index is 0.150. The molecule has 0 radical (unpaired) electrons. The quantitative estimate of drug-likeness (QED) is 0.0887. The van der Waals surface area contributed by atoms with Crippen molar-refractivity contribution in [2.24, 2.45) is 21.8 Å². The first-order valence-electron chi connectivity index (χ1n) is 18.5. The average Bonchev–Trinajstić information content (AvgIpc) is 3.23. The SMILES string of the molecule is C=C(N=C(N=Cc1ccc(-c2cccnc2)cc1)c1cccc(C2=c3ccccc3=C(c3cccc4ccccc34)[C@H]3C=CC=CC23)c1)/C(C)=C/C=C\C. The van der Waals surface area contributed by atoms with Crippen molar-refractivity contribution in [2.75, 3.05) is 0 Å². The Bertz CT molecular complexity index is 2680. The lowest BCUT2D eigenvalue weighted by atomic mass is 9.69. The van der Waals surface area contributed by atoms with Gasteiger partial charge in [0.15, 0.2) is 5.84 Å². The first-order chi connectivity index (χ1) is 26.6. The van der Waals surface area contributed by atoms with E-state index in [0.29, 0.717) is 11.5 Å². The molecule has 260 valence electrons. The molecule has 0 N–H and O–H groups in total. The molecular formula is C51H41N3. The zero-order valence-electron chi connectivity index (χ0n) is 30.6. The summed E-state index contributed by atoms with van der Waals surface area (Å²) in [5.74, 6) is 0.932. The molecule has 0 spiro atoms. The van der Waals surface area contributed by atoms with E-state index in [9.17, 15) is 0 Å². The Morgan fingerprint density at radius 1 is 0.704 bits per heavy atom. The normalized spacial score (nSPS) is 17.0. The minimum Gasteiger partial charge on any atom is -0.264 e. The molecule has 0 fully saturated rings. The van der Waals surface area contributed by atoms with Crippen molar-refractivity contribution >= 4 is 34.0 Å². The van der Waals surface area contributed by atoms with E-state index in [4.69, 9.17) is 9.98 Å². The van der Waals surface area contributed by atoms with Crippen LogP contribution in [0.3, 0.4) is 0 Å². The number of hydrogen-bond acceptors (Lipinski definition) is 2. The molecule has 1 heterocycles. The number of aliphatic imine (C=N–C) groups is 2. The maximum absolute atomic E-state index is 5.05. The van der Waals surface area contributed by atoms with Crippen LogP contribution in [0.4, 0.5) is 0 Å². The highest BCUT2D eigenvalue weighted by molar-refractivity contribution is 6.06. The molecule has 3 nitrogen and oxygen atoms in total. The van der Waals surface area contributed by atoms with Gasteiger partial charge in [-0.05, 0) is 91.7 Å². The second-order valence-electron chi connectivity index (χ2n) is 13.7. The van der Waals surface area contributed by atoms with Crippen molar-refractivity contribution in [3.8, 4) is 11.1 Å². The standard InChI is InChI=1S/C51H41N3/c1-4-5-15-35(2)36(3)54-51(53-33-37-27-29-38(30-28-37)42-20-14-31-52-34-42)41-19-12-18-40(32-41)49-45-22-8-10-24-47(45)50(48-25-11-9-23-46(48)49)44-26-13-17-39-16-6-7-21-43(39)44/h4-34,45,47H,3H2,1-2H3/b5-4-,35-15+,53-33?,54-51?/t45?,47-/m0/s1. The third kappa shape index (κ3) is 6.92. The maximum atomic E-state index is 5.05. The van der Waals surface area contributed by atoms with Crippen LogP contribution in [0.1, 0.15) is 36.1 Å². The zero-order chi connectivity index (χ0) is 36.9. The fourth-order valence-electron chi connectivity index (χ4n) is 7.58. The number of amidine groups is 1. The first-order valence-corrected chi connectivity index (χ1v) is 18.5. The number of fused-ring (bicyclic) bond motifs is 3. The fraction of sp³-hybridized carbons (Fsp3) is 0.0784. The van der Waals surface area contributed by atoms with Crippen molar-refractivity contribution in [3.05, 3.63) is 233 Å². The van der Waals surface area contributed by atoms with Crippen LogP contribution in [0.15, 0.2) is 210 Å². The van der Waals surface area contributed by atoms with Crippen molar-refractivity contribution in [1.29, 1.82) is 0 Å². The molecule has 2 aliphatic rings. The van der Waals surface area contributed by atoms with Crippen LogP contribution >= 0.6 is 0 Å². The Morgan fingerprint density at radius 3 is 2.19 bits per heavy atom. The van der Waals surface area contributed by atoms with Crippen molar-refractivity contribution < 1.29 is 0 Å². The molecule has 5 aromatic carbocycles. The molecule has 8 rings (SSSR count). The molecule has 0 saturated carbocycles. The van der Waals surface area contributed by atoms with E-state index in [0.717, 1.165) is 33.4 Å². The lowest BCUT2D eigenvalue weighted by Crippen LogP contribution is -2.40. The molecular weight excluding hydrogens is 655 g/mol. The monoisotopic (exact) mass is 695 g/mol. The summed E-state index contributed by atoms with van der Waals surface area (Å²) in [6, 6.07) is 45.4. The average molecular weight is 696 g/mol. The summed E-state index contributed by atoms with van der Waals surface area (Å²) in [5, 5.41) is 5.06. The van der Waals surface area contributed by atoms with E-state index >= 15 is 0 Å². The van der Waals surface area contributed by atoms with Crippen LogP contribution in [0.25, 0.3) is 33.0 Å². The molecule has 1 aromatic heterocycles. The molecule has 2 atom stereocenters. The Hall–Kier alpha value is -6.71. The predicted octanol–water partition coefficient (Wildman–Crippen LogP) is 10.6. The van der Waals surface area contributed by atoms with Gasteiger partial charge in [-0.2, -0.15) is 0 Å². The smallest absolute Gasteiger partial charge is 0.159 e. The number of benzene rings is 5. The summed E-state index contributed by atoms with van der Waals surface area (Å²) in [7, 11) is 0. The van der Waals surface area contributed by atoms with E-state index in [2.05, 4.69) is 157 Å². The summed E-state index contributed by atoms with van der Waals surface area (Å²) in [6.45, 7) is 8.37. The number of rotatable bonds is 8. The molecule has 1 unspecified atom stereocenters. The van der Waals surface area contributed by atoms with Gasteiger partial charge in [-0.1, -0.05) is 164 Å². The highest BCUT2D eigenvalue weighted by Crippen LogP contribution is 2.42. The number of pyridine rings is 1. The summed E-state index contributed by atoms with van der Waals surface area (Å²) in [5.41, 5.74) is 10.9.